The predicted octanol–water partition coefficient (Wildman–Crippen LogP) is 3.32. The number of rotatable bonds is 1. The minimum atomic E-state index is 0.984. The maximum Gasteiger partial charge on any atom is 0.0856 e. The van der Waals surface area contributed by atoms with Crippen LogP contribution in [-0.2, 0) is 0 Å². The molecule has 2 aromatic rings. The van der Waals surface area contributed by atoms with Gasteiger partial charge in [-0.05, 0) is 12.1 Å². The van der Waals surface area contributed by atoms with Crippen LogP contribution >= 0.6 is 0 Å². The first-order valence-electron chi connectivity index (χ1n) is 5.38. The van der Waals surface area contributed by atoms with E-state index in [0.29, 0.717) is 0 Å². The van der Waals surface area contributed by atoms with Crippen LogP contribution in [-0.4, -0.2) is 15.0 Å². The smallest absolute Gasteiger partial charge is 0.0856 e. The van der Waals surface area contributed by atoms with Crippen LogP contribution in [0.3, 0.4) is 0 Å². The van der Waals surface area contributed by atoms with E-state index in [1.807, 2.05) is 58.0 Å². The van der Waals surface area contributed by atoms with E-state index < -0.39 is 0 Å². The highest BCUT2D eigenvalue weighted by molar-refractivity contribution is 5.27. The van der Waals surface area contributed by atoms with Crippen LogP contribution in [0.1, 0.15) is 27.7 Å². The lowest BCUT2D eigenvalue weighted by molar-refractivity contribution is 0.752. The van der Waals surface area contributed by atoms with Gasteiger partial charge in [-0.3, -0.25) is 0 Å². The van der Waals surface area contributed by atoms with Gasteiger partial charge in [-0.15, -0.1) is 0 Å². The summed E-state index contributed by atoms with van der Waals surface area (Å²) in [5.41, 5.74) is 0.984. The molecule has 3 heteroatoms. The highest BCUT2D eigenvalue weighted by Gasteiger charge is 1.92. The molecule has 1 aromatic heterocycles. The Hall–Kier alpha value is -1.64. The third-order valence-corrected chi connectivity index (χ3v) is 1.41. The van der Waals surface area contributed by atoms with Gasteiger partial charge in [-0.2, -0.15) is 15.0 Å². The second kappa shape index (κ2) is 8.94. The Bertz CT molecular complexity index is 314. The van der Waals surface area contributed by atoms with Gasteiger partial charge >= 0.3 is 0 Å². The molecule has 0 unspecified atom stereocenters. The molecule has 0 N–H and O–H groups in total. The normalized spacial score (nSPS) is 8.00. The van der Waals surface area contributed by atoms with Crippen molar-refractivity contribution in [3.05, 3.63) is 42.7 Å². The molecule has 0 atom stereocenters. The summed E-state index contributed by atoms with van der Waals surface area (Å²) < 4.78 is 0. The fraction of sp³-hybridized carbons (Fsp3) is 0.333. The molecule has 0 amide bonds. The SMILES string of the molecule is CC.CC.c1ccc(-n2nccn2)cc1. The molecule has 1 aromatic carbocycles. The summed E-state index contributed by atoms with van der Waals surface area (Å²) in [6.45, 7) is 8.00. The van der Waals surface area contributed by atoms with Gasteiger partial charge in [0, 0.05) is 0 Å². The van der Waals surface area contributed by atoms with Gasteiger partial charge in [-0.25, -0.2) is 0 Å². The van der Waals surface area contributed by atoms with Crippen LogP contribution in [0.4, 0.5) is 0 Å². The molecule has 0 saturated heterocycles. The molecule has 2 rings (SSSR count). The highest BCUT2D eigenvalue weighted by atomic mass is 15.5. The van der Waals surface area contributed by atoms with E-state index in [1.54, 1.807) is 17.2 Å². The number of aromatic nitrogens is 3. The Balaban J connectivity index is 0.000000442. The van der Waals surface area contributed by atoms with Crippen molar-refractivity contribution in [1.29, 1.82) is 0 Å². The minimum Gasteiger partial charge on any atom is -0.157 e. The van der Waals surface area contributed by atoms with Gasteiger partial charge < -0.3 is 0 Å². The maximum absolute atomic E-state index is 3.99. The summed E-state index contributed by atoms with van der Waals surface area (Å²) in [7, 11) is 0. The van der Waals surface area contributed by atoms with Crippen molar-refractivity contribution in [2.75, 3.05) is 0 Å². The molecule has 0 saturated carbocycles. The standard InChI is InChI=1S/C8H7N3.2C2H6/c1-2-4-8(5-3-1)11-9-6-7-10-11;2*1-2/h1-7H;2*1-2H3. The Morgan fingerprint density at radius 3 is 1.73 bits per heavy atom. The molecule has 0 bridgehead atoms. The van der Waals surface area contributed by atoms with Gasteiger partial charge in [-0.1, -0.05) is 45.9 Å². The molecule has 0 spiro atoms. The fourth-order valence-corrected chi connectivity index (χ4v) is 0.910. The first-order valence-corrected chi connectivity index (χ1v) is 5.38. The van der Waals surface area contributed by atoms with Crippen molar-refractivity contribution >= 4 is 0 Å². The average Bonchev–Trinajstić information content (AvgIpc) is 2.89. The summed E-state index contributed by atoms with van der Waals surface area (Å²) in [4.78, 5) is 1.58. The predicted molar refractivity (Wildman–Crippen MR) is 64.1 cm³/mol. The van der Waals surface area contributed by atoms with E-state index in [2.05, 4.69) is 10.2 Å². The molecule has 15 heavy (non-hydrogen) atoms. The number of hydrogen-bond acceptors (Lipinski definition) is 2. The number of benzene rings is 1. The van der Waals surface area contributed by atoms with Crippen molar-refractivity contribution in [2.45, 2.75) is 27.7 Å². The third-order valence-electron chi connectivity index (χ3n) is 1.41. The monoisotopic (exact) mass is 205 g/mol. The zero-order valence-corrected chi connectivity index (χ0v) is 9.88. The van der Waals surface area contributed by atoms with Crippen LogP contribution in [0.2, 0.25) is 0 Å². The molecule has 0 aliphatic rings. The van der Waals surface area contributed by atoms with Crippen molar-refractivity contribution in [3.8, 4) is 5.69 Å². The molecule has 0 fully saturated rings. The summed E-state index contributed by atoms with van der Waals surface area (Å²) in [5.74, 6) is 0. The van der Waals surface area contributed by atoms with Crippen LogP contribution in [0.5, 0.6) is 0 Å². The van der Waals surface area contributed by atoms with Gasteiger partial charge in [0.15, 0.2) is 0 Å². The average molecular weight is 205 g/mol. The number of nitrogens with zero attached hydrogens (tertiary/aromatic N) is 3. The van der Waals surface area contributed by atoms with E-state index in [1.165, 1.54) is 0 Å². The number of hydrogen-bond donors (Lipinski definition) is 0. The largest absolute Gasteiger partial charge is 0.157 e. The van der Waals surface area contributed by atoms with Crippen molar-refractivity contribution in [1.82, 2.24) is 15.0 Å². The van der Waals surface area contributed by atoms with Crippen LogP contribution < -0.4 is 0 Å². The zero-order chi connectivity index (χ0) is 11.5. The first kappa shape index (κ1) is 13.4. The lowest BCUT2D eigenvalue weighted by Gasteiger charge is -1.95. The summed E-state index contributed by atoms with van der Waals surface area (Å²) in [6, 6.07) is 9.80. The molecular weight excluding hydrogens is 186 g/mol. The Morgan fingerprint density at radius 2 is 1.27 bits per heavy atom. The Labute approximate surface area is 91.8 Å². The Morgan fingerprint density at radius 1 is 0.800 bits per heavy atom. The fourth-order valence-electron chi connectivity index (χ4n) is 0.910. The van der Waals surface area contributed by atoms with Crippen molar-refractivity contribution < 1.29 is 0 Å². The van der Waals surface area contributed by atoms with Gasteiger partial charge in [0.25, 0.3) is 0 Å². The molecule has 82 valence electrons. The number of para-hydroxylation sites is 1. The van der Waals surface area contributed by atoms with E-state index in [4.69, 9.17) is 0 Å². The van der Waals surface area contributed by atoms with Crippen LogP contribution in [0.25, 0.3) is 5.69 Å². The first-order chi connectivity index (χ1) is 7.47. The second-order valence-corrected chi connectivity index (χ2v) is 2.15. The van der Waals surface area contributed by atoms with E-state index >= 15 is 0 Å². The molecule has 0 aliphatic heterocycles. The minimum absolute atomic E-state index is 0.984. The molecule has 1 heterocycles. The van der Waals surface area contributed by atoms with Crippen LogP contribution in [0, 0.1) is 0 Å². The highest BCUT2D eigenvalue weighted by Crippen LogP contribution is 2.01. The van der Waals surface area contributed by atoms with Gasteiger partial charge in [0.2, 0.25) is 0 Å². The third kappa shape index (κ3) is 4.40. The molecular formula is C12H19N3. The second-order valence-electron chi connectivity index (χ2n) is 2.15. The quantitative estimate of drug-likeness (QED) is 0.715. The van der Waals surface area contributed by atoms with Gasteiger partial charge in [0.05, 0.1) is 18.1 Å². The summed E-state index contributed by atoms with van der Waals surface area (Å²) >= 11 is 0. The Kier molecular flexibility index (Phi) is 7.96. The molecule has 3 nitrogen and oxygen atoms in total. The van der Waals surface area contributed by atoms with E-state index in [9.17, 15) is 0 Å². The lowest BCUT2D eigenvalue weighted by Crippen LogP contribution is -1.96. The molecule has 0 radical (unpaired) electrons. The summed E-state index contributed by atoms with van der Waals surface area (Å²) in [5, 5.41) is 7.98. The van der Waals surface area contributed by atoms with Gasteiger partial charge in [0.1, 0.15) is 0 Å². The topological polar surface area (TPSA) is 30.7 Å². The summed E-state index contributed by atoms with van der Waals surface area (Å²) in [6.07, 6.45) is 3.32. The lowest BCUT2D eigenvalue weighted by atomic mass is 10.3. The van der Waals surface area contributed by atoms with Crippen molar-refractivity contribution in [2.24, 2.45) is 0 Å². The van der Waals surface area contributed by atoms with E-state index in [0.717, 1.165) is 5.69 Å². The molecule has 0 aliphatic carbocycles. The van der Waals surface area contributed by atoms with Crippen molar-refractivity contribution in [3.63, 3.8) is 0 Å². The van der Waals surface area contributed by atoms with E-state index in [-0.39, 0.29) is 0 Å². The van der Waals surface area contributed by atoms with Crippen LogP contribution in [0.15, 0.2) is 42.7 Å². The zero-order valence-electron chi connectivity index (χ0n) is 9.88. The maximum atomic E-state index is 3.99.